The fourth-order valence-electron chi connectivity index (χ4n) is 4.66. The number of benzene rings is 2. The van der Waals surface area contributed by atoms with E-state index in [-0.39, 0.29) is 17.2 Å². The molecule has 0 spiro atoms. The normalized spacial score (nSPS) is 29.2. The highest BCUT2D eigenvalue weighted by Crippen LogP contribution is 2.66. The van der Waals surface area contributed by atoms with Gasteiger partial charge in [-0.1, -0.05) is 62.2 Å². The van der Waals surface area contributed by atoms with Crippen molar-refractivity contribution in [3.05, 3.63) is 48.0 Å². The molecule has 0 aliphatic heterocycles. The predicted octanol–water partition coefficient (Wildman–Crippen LogP) is 4.51. The van der Waals surface area contributed by atoms with Crippen LogP contribution in [-0.2, 0) is 4.79 Å². The van der Waals surface area contributed by atoms with Gasteiger partial charge in [-0.05, 0) is 41.9 Å². The highest BCUT2D eigenvalue weighted by Gasteiger charge is 2.64. The fraction of sp³-hybridized carbons (Fsp3) is 0.429. The number of fused-ring (bicyclic) bond motifs is 2. The van der Waals surface area contributed by atoms with Crippen LogP contribution in [0, 0.1) is 17.3 Å². The number of nitrogens with one attached hydrogen (secondary N) is 1. The summed E-state index contributed by atoms with van der Waals surface area (Å²) in [6, 6.07) is 14.5. The van der Waals surface area contributed by atoms with Crippen LogP contribution in [0.5, 0.6) is 0 Å². The maximum absolute atomic E-state index is 12.6. The number of hydrazone groups is 1. The summed E-state index contributed by atoms with van der Waals surface area (Å²) in [5.41, 5.74) is 5.00. The second-order valence-corrected chi connectivity index (χ2v) is 7.54. The molecule has 3 nitrogen and oxygen atoms in total. The highest BCUT2D eigenvalue weighted by molar-refractivity contribution is 6.10. The second-order valence-electron chi connectivity index (χ2n) is 7.54. The summed E-state index contributed by atoms with van der Waals surface area (Å²) in [6.07, 6.45) is 4.90. The lowest BCUT2D eigenvalue weighted by molar-refractivity contribution is -0.123. The van der Waals surface area contributed by atoms with Gasteiger partial charge in [0, 0.05) is 11.5 Å². The van der Waals surface area contributed by atoms with Crippen LogP contribution >= 0.6 is 0 Å². The smallest absolute Gasteiger partial charge is 0.244 e. The van der Waals surface area contributed by atoms with Gasteiger partial charge in [-0.15, -0.1) is 0 Å². The van der Waals surface area contributed by atoms with Crippen LogP contribution in [0.15, 0.2) is 47.6 Å². The summed E-state index contributed by atoms with van der Waals surface area (Å²) in [6.45, 7) is 4.23. The Morgan fingerprint density at radius 3 is 2.75 bits per heavy atom. The number of carbonyl (C=O) groups excluding carboxylic acids is 1. The second kappa shape index (κ2) is 5.73. The van der Waals surface area contributed by atoms with Crippen LogP contribution < -0.4 is 5.43 Å². The van der Waals surface area contributed by atoms with Gasteiger partial charge in [-0.3, -0.25) is 4.79 Å². The van der Waals surface area contributed by atoms with Crippen molar-refractivity contribution in [1.82, 2.24) is 5.43 Å². The zero-order valence-electron chi connectivity index (χ0n) is 14.4. The van der Waals surface area contributed by atoms with E-state index in [1.165, 1.54) is 36.5 Å². The SMILES string of the molecule is C/C(=N/NC(=O)[C@@H]1[C@H]2CCCC[C@@]21C)c1cccc2ccccc12. The Bertz CT molecular complexity index is 820. The summed E-state index contributed by atoms with van der Waals surface area (Å²) >= 11 is 0. The third-order valence-electron chi connectivity index (χ3n) is 6.13. The van der Waals surface area contributed by atoms with Gasteiger partial charge in [0.25, 0.3) is 0 Å². The van der Waals surface area contributed by atoms with Crippen molar-refractivity contribution in [1.29, 1.82) is 0 Å². The van der Waals surface area contributed by atoms with Gasteiger partial charge in [0.05, 0.1) is 5.71 Å². The maximum Gasteiger partial charge on any atom is 0.244 e. The molecule has 2 aliphatic rings. The molecule has 0 saturated heterocycles. The zero-order valence-corrected chi connectivity index (χ0v) is 14.4. The third kappa shape index (κ3) is 2.43. The average molecular weight is 320 g/mol. The molecule has 0 bridgehead atoms. The Hall–Kier alpha value is -2.16. The largest absolute Gasteiger partial charge is 0.273 e. The van der Waals surface area contributed by atoms with E-state index in [1.807, 2.05) is 25.1 Å². The summed E-state index contributed by atoms with van der Waals surface area (Å²) in [5, 5.41) is 6.77. The predicted molar refractivity (Wildman–Crippen MR) is 97.9 cm³/mol. The molecule has 0 radical (unpaired) electrons. The highest BCUT2D eigenvalue weighted by atomic mass is 16.2. The standard InChI is InChI=1S/C21H24N2O/c1-14(16-11-7-9-15-8-3-4-10-17(15)16)22-23-20(24)19-18-12-5-6-13-21(18,19)2/h3-4,7-11,18-19H,5-6,12-13H2,1-2H3,(H,23,24)/b22-14-/t18-,19+,21+/m1/s1. The first-order chi connectivity index (χ1) is 11.6. The lowest BCUT2D eigenvalue weighted by atomic mass is 9.90. The quantitative estimate of drug-likeness (QED) is 0.656. The van der Waals surface area contributed by atoms with E-state index in [2.05, 4.69) is 41.7 Å². The summed E-state index contributed by atoms with van der Waals surface area (Å²) in [5.74, 6) is 0.826. The molecule has 2 saturated carbocycles. The van der Waals surface area contributed by atoms with Crippen molar-refractivity contribution < 1.29 is 4.79 Å². The van der Waals surface area contributed by atoms with Crippen molar-refractivity contribution in [3.63, 3.8) is 0 Å². The number of amides is 1. The summed E-state index contributed by atoms with van der Waals surface area (Å²) < 4.78 is 0. The molecule has 0 aromatic heterocycles. The van der Waals surface area contributed by atoms with E-state index < -0.39 is 0 Å². The molecule has 4 rings (SSSR count). The van der Waals surface area contributed by atoms with E-state index in [1.54, 1.807) is 0 Å². The first-order valence-corrected chi connectivity index (χ1v) is 8.93. The number of carbonyl (C=O) groups is 1. The maximum atomic E-state index is 12.6. The van der Waals surface area contributed by atoms with Gasteiger partial charge in [0.2, 0.25) is 5.91 Å². The van der Waals surface area contributed by atoms with Crippen LogP contribution in [0.2, 0.25) is 0 Å². The Morgan fingerprint density at radius 2 is 1.96 bits per heavy atom. The Morgan fingerprint density at radius 1 is 1.17 bits per heavy atom. The van der Waals surface area contributed by atoms with Gasteiger partial charge in [0.15, 0.2) is 0 Å². The molecule has 24 heavy (non-hydrogen) atoms. The number of rotatable bonds is 3. The first kappa shape index (κ1) is 15.4. The molecule has 2 fully saturated rings. The molecule has 0 unspecified atom stereocenters. The van der Waals surface area contributed by atoms with E-state index in [4.69, 9.17) is 0 Å². The van der Waals surface area contributed by atoms with E-state index in [9.17, 15) is 4.79 Å². The van der Waals surface area contributed by atoms with Gasteiger partial charge in [-0.2, -0.15) is 5.10 Å². The molecular formula is C21H24N2O. The number of hydrogen-bond acceptors (Lipinski definition) is 2. The lowest BCUT2D eigenvalue weighted by Crippen LogP contribution is -2.23. The molecule has 124 valence electrons. The van der Waals surface area contributed by atoms with Crippen molar-refractivity contribution in [2.45, 2.75) is 39.5 Å². The molecule has 2 aliphatic carbocycles. The summed E-state index contributed by atoms with van der Waals surface area (Å²) in [7, 11) is 0. The van der Waals surface area contributed by atoms with E-state index in [0.29, 0.717) is 5.92 Å². The van der Waals surface area contributed by atoms with Crippen molar-refractivity contribution in [3.8, 4) is 0 Å². The molecule has 0 heterocycles. The molecule has 3 atom stereocenters. The van der Waals surface area contributed by atoms with Crippen LogP contribution in [0.3, 0.4) is 0 Å². The summed E-state index contributed by atoms with van der Waals surface area (Å²) in [4.78, 5) is 12.6. The minimum atomic E-state index is 0.101. The first-order valence-electron chi connectivity index (χ1n) is 8.93. The van der Waals surface area contributed by atoms with Gasteiger partial charge < -0.3 is 0 Å². The molecule has 2 aromatic rings. The Balaban J connectivity index is 1.52. The lowest BCUT2D eigenvalue weighted by Gasteiger charge is -2.15. The zero-order chi connectivity index (χ0) is 16.7. The minimum absolute atomic E-state index is 0.101. The molecule has 1 amide bonds. The van der Waals surface area contributed by atoms with Gasteiger partial charge >= 0.3 is 0 Å². The number of nitrogens with zero attached hydrogens (tertiary/aromatic N) is 1. The van der Waals surface area contributed by atoms with Crippen LogP contribution in [-0.4, -0.2) is 11.6 Å². The Kier molecular flexibility index (Phi) is 3.67. The van der Waals surface area contributed by atoms with Crippen molar-refractivity contribution in [2.75, 3.05) is 0 Å². The van der Waals surface area contributed by atoms with Crippen molar-refractivity contribution in [2.24, 2.45) is 22.4 Å². The van der Waals surface area contributed by atoms with E-state index >= 15 is 0 Å². The van der Waals surface area contributed by atoms with E-state index in [0.717, 1.165) is 11.3 Å². The topological polar surface area (TPSA) is 41.5 Å². The third-order valence-corrected chi connectivity index (χ3v) is 6.13. The van der Waals surface area contributed by atoms with Crippen LogP contribution in [0.1, 0.15) is 45.1 Å². The molecule has 3 heteroatoms. The number of hydrogen-bond donors (Lipinski definition) is 1. The Labute approximate surface area is 143 Å². The van der Waals surface area contributed by atoms with Crippen LogP contribution in [0.4, 0.5) is 0 Å². The fourth-order valence-corrected chi connectivity index (χ4v) is 4.66. The minimum Gasteiger partial charge on any atom is -0.273 e. The average Bonchev–Trinajstić information content (AvgIpc) is 3.24. The molecule has 1 N–H and O–H groups in total. The van der Waals surface area contributed by atoms with Gasteiger partial charge in [0.1, 0.15) is 0 Å². The van der Waals surface area contributed by atoms with Crippen molar-refractivity contribution >= 4 is 22.4 Å². The molecule has 2 aromatic carbocycles. The monoisotopic (exact) mass is 320 g/mol. The van der Waals surface area contributed by atoms with Gasteiger partial charge in [-0.25, -0.2) is 5.43 Å². The molecular weight excluding hydrogens is 296 g/mol. The van der Waals surface area contributed by atoms with Crippen LogP contribution in [0.25, 0.3) is 10.8 Å².